The Morgan fingerprint density at radius 1 is 1.39 bits per heavy atom. The second kappa shape index (κ2) is 7.24. The first-order valence-electron chi connectivity index (χ1n) is 5.85. The smallest absolute Gasteiger partial charge is 0.130 e. The predicted octanol–water partition coefficient (Wildman–Crippen LogP) is 2.68. The molecule has 1 rings (SSSR count). The van der Waals surface area contributed by atoms with E-state index in [1.54, 1.807) is 18.2 Å². The SMILES string of the molecule is CC(C)COCCOc1ccc(Cl)cc1C(=N)N. The summed E-state index contributed by atoms with van der Waals surface area (Å²) in [5, 5.41) is 7.98. The lowest BCUT2D eigenvalue weighted by atomic mass is 10.2. The average Bonchev–Trinajstić information content (AvgIpc) is 2.29. The summed E-state index contributed by atoms with van der Waals surface area (Å²) >= 11 is 5.85. The zero-order valence-electron chi connectivity index (χ0n) is 10.7. The molecule has 4 nitrogen and oxygen atoms in total. The molecule has 0 aromatic heterocycles. The Kier molecular flexibility index (Phi) is 5.95. The highest BCUT2D eigenvalue weighted by Crippen LogP contribution is 2.22. The molecule has 0 amide bonds. The van der Waals surface area contributed by atoms with E-state index in [0.29, 0.717) is 42.1 Å². The maximum atomic E-state index is 7.45. The second-order valence-corrected chi connectivity index (χ2v) is 4.81. The zero-order chi connectivity index (χ0) is 13.5. The van der Waals surface area contributed by atoms with E-state index in [1.165, 1.54) is 0 Å². The highest BCUT2D eigenvalue weighted by molar-refractivity contribution is 6.31. The van der Waals surface area contributed by atoms with Crippen molar-refractivity contribution in [2.75, 3.05) is 19.8 Å². The normalized spacial score (nSPS) is 10.7. The Labute approximate surface area is 113 Å². The van der Waals surface area contributed by atoms with Gasteiger partial charge in [-0.25, -0.2) is 0 Å². The van der Waals surface area contributed by atoms with Gasteiger partial charge in [-0.2, -0.15) is 0 Å². The van der Waals surface area contributed by atoms with E-state index >= 15 is 0 Å². The van der Waals surface area contributed by atoms with Gasteiger partial charge in [0.05, 0.1) is 12.2 Å². The minimum absolute atomic E-state index is 0.0596. The van der Waals surface area contributed by atoms with Crippen molar-refractivity contribution >= 4 is 17.4 Å². The van der Waals surface area contributed by atoms with Crippen LogP contribution >= 0.6 is 11.6 Å². The number of hydrogen-bond acceptors (Lipinski definition) is 3. The fraction of sp³-hybridized carbons (Fsp3) is 0.462. The van der Waals surface area contributed by atoms with E-state index in [9.17, 15) is 0 Å². The predicted molar refractivity (Wildman–Crippen MR) is 73.6 cm³/mol. The quantitative estimate of drug-likeness (QED) is 0.455. The summed E-state index contributed by atoms with van der Waals surface area (Å²) in [6, 6.07) is 5.04. The van der Waals surface area contributed by atoms with Gasteiger partial charge < -0.3 is 15.2 Å². The number of halogens is 1. The summed E-state index contributed by atoms with van der Waals surface area (Å²) in [4.78, 5) is 0. The monoisotopic (exact) mass is 270 g/mol. The Hall–Kier alpha value is -1.26. The van der Waals surface area contributed by atoms with Crippen LogP contribution in [0.25, 0.3) is 0 Å². The van der Waals surface area contributed by atoms with Crippen LogP contribution in [0.15, 0.2) is 18.2 Å². The van der Waals surface area contributed by atoms with E-state index in [-0.39, 0.29) is 5.84 Å². The lowest BCUT2D eigenvalue weighted by Gasteiger charge is -2.12. The van der Waals surface area contributed by atoms with Crippen molar-refractivity contribution in [1.29, 1.82) is 5.41 Å². The second-order valence-electron chi connectivity index (χ2n) is 4.37. The van der Waals surface area contributed by atoms with Gasteiger partial charge in [-0.15, -0.1) is 0 Å². The third kappa shape index (κ3) is 4.94. The molecular formula is C13H19ClN2O2. The third-order valence-corrected chi connectivity index (χ3v) is 2.40. The first kappa shape index (κ1) is 14.8. The van der Waals surface area contributed by atoms with Crippen LogP contribution in [0.3, 0.4) is 0 Å². The molecule has 18 heavy (non-hydrogen) atoms. The van der Waals surface area contributed by atoms with Crippen LogP contribution in [0.2, 0.25) is 5.02 Å². The maximum Gasteiger partial charge on any atom is 0.130 e. The van der Waals surface area contributed by atoms with Crippen LogP contribution in [0.4, 0.5) is 0 Å². The van der Waals surface area contributed by atoms with E-state index in [2.05, 4.69) is 13.8 Å². The Morgan fingerprint density at radius 3 is 2.72 bits per heavy atom. The van der Waals surface area contributed by atoms with Crippen LogP contribution in [0.1, 0.15) is 19.4 Å². The molecule has 0 atom stereocenters. The molecule has 0 aliphatic heterocycles. The molecule has 0 bridgehead atoms. The number of hydrogen-bond donors (Lipinski definition) is 2. The van der Waals surface area contributed by atoms with Gasteiger partial charge in [0.2, 0.25) is 0 Å². The fourth-order valence-electron chi connectivity index (χ4n) is 1.37. The molecule has 1 aromatic rings. The molecule has 0 radical (unpaired) electrons. The lowest BCUT2D eigenvalue weighted by molar-refractivity contribution is 0.0818. The highest BCUT2D eigenvalue weighted by atomic mass is 35.5. The summed E-state index contributed by atoms with van der Waals surface area (Å²) < 4.78 is 10.9. The summed E-state index contributed by atoms with van der Waals surface area (Å²) in [5.41, 5.74) is 5.97. The van der Waals surface area contributed by atoms with Gasteiger partial charge in [0, 0.05) is 11.6 Å². The van der Waals surface area contributed by atoms with E-state index in [1.807, 2.05) is 0 Å². The molecular weight excluding hydrogens is 252 g/mol. The third-order valence-electron chi connectivity index (χ3n) is 2.17. The van der Waals surface area contributed by atoms with Gasteiger partial charge in [0.1, 0.15) is 18.2 Å². The molecule has 0 saturated heterocycles. The van der Waals surface area contributed by atoms with Gasteiger partial charge in [-0.05, 0) is 24.1 Å². The molecule has 100 valence electrons. The Balaban J connectivity index is 2.49. The number of nitrogen functional groups attached to an aromatic ring is 1. The number of nitrogens with one attached hydrogen (secondary N) is 1. The van der Waals surface area contributed by atoms with Crippen molar-refractivity contribution in [3.05, 3.63) is 28.8 Å². The Bertz CT molecular complexity index is 408. The van der Waals surface area contributed by atoms with Crippen molar-refractivity contribution in [3.8, 4) is 5.75 Å². The molecule has 5 heteroatoms. The number of rotatable bonds is 7. The van der Waals surface area contributed by atoms with Gasteiger partial charge >= 0.3 is 0 Å². The van der Waals surface area contributed by atoms with Crippen molar-refractivity contribution in [2.24, 2.45) is 11.7 Å². The molecule has 1 aromatic carbocycles. The first-order valence-corrected chi connectivity index (χ1v) is 6.23. The van der Waals surface area contributed by atoms with Gasteiger partial charge in [-0.3, -0.25) is 5.41 Å². The first-order chi connectivity index (χ1) is 8.50. The van der Waals surface area contributed by atoms with Crippen LogP contribution in [-0.2, 0) is 4.74 Å². The van der Waals surface area contributed by atoms with Crippen LogP contribution in [0, 0.1) is 11.3 Å². The Morgan fingerprint density at radius 2 is 2.11 bits per heavy atom. The molecule has 0 saturated carbocycles. The van der Waals surface area contributed by atoms with Gasteiger partial charge in [-0.1, -0.05) is 25.4 Å². The molecule has 0 aliphatic rings. The molecule has 0 heterocycles. The average molecular weight is 271 g/mol. The number of ether oxygens (including phenoxy) is 2. The molecule has 0 unspecified atom stereocenters. The summed E-state index contributed by atoms with van der Waals surface area (Å²) in [7, 11) is 0. The number of amidine groups is 1. The van der Waals surface area contributed by atoms with Crippen LogP contribution in [0.5, 0.6) is 5.75 Å². The largest absolute Gasteiger partial charge is 0.490 e. The fourth-order valence-corrected chi connectivity index (χ4v) is 1.54. The number of nitrogens with two attached hydrogens (primary N) is 1. The maximum absolute atomic E-state index is 7.45. The summed E-state index contributed by atoms with van der Waals surface area (Å²) in [6.45, 7) is 5.83. The standard InChI is InChI=1S/C13H19ClN2O2/c1-9(2)8-17-5-6-18-12-4-3-10(14)7-11(12)13(15)16/h3-4,7,9H,5-6,8H2,1-2H3,(H3,15,16). The van der Waals surface area contributed by atoms with Crippen molar-refractivity contribution < 1.29 is 9.47 Å². The van der Waals surface area contributed by atoms with E-state index in [4.69, 9.17) is 32.2 Å². The van der Waals surface area contributed by atoms with Crippen molar-refractivity contribution in [3.63, 3.8) is 0 Å². The van der Waals surface area contributed by atoms with E-state index < -0.39 is 0 Å². The van der Waals surface area contributed by atoms with Gasteiger partial charge in [0.25, 0.3) is 0 Å². The summed E-state index contributed by atoms with van der Waals surface area (Å²) in [5.74, 6) is 1.00. The summed E-state index contributed by atoms with van der Waals surface area (Å²) in [6.07, 6.45) is 0. The minimum Gasteiger partial charge on any atom is -0.490 e. The van der Waals surface area contributed by atoms with Crippen molar-refractivity contribution in [2.45, 2.75) is 13.8 Å². The van der Waals surface area contributed by atoms with E-state index in [0.717, 1.165) is 0 Å². The zero-order valence-corrected chi connectivity index (χ0v) is 11.5. The minimum atomic E-state index is -0.0596. The van der Waals surface area contributed by atoms with Crippen molar-refractivity contribution in [1.82, 2.24) is 0 Å². The highest BCUT2D eigenvalue weighted by Gasteiger charge is 2.07. The van der Waals surface area contributed by atoms with Crippen LogP contribution < -0.4 is 10.5 Å². The molecule has 3 N–H and O–H groups in total. The molecule has 0 fully saturated rings. The number of benzene rings is 1. The molecule has 0 spiro atoms. The topological polar surface area (TPSA) is 68.3 Å². The lowest BCUT2D eigenvalue weighted by Crippen LogP contribution is -2.15. The van der Waals surface area contributed by atoms with Gasteiger partial charge in [0.15, 0.2) is 0 Å². The van der Waals surface area contributed by atoms with Crippen LogP contribution in [-0.4, -0.2) is 25.7 Å². The molecule has 0 aliphatic carbocycles.